The lowest BCUT2D eigenvalue weighted by atomic mass is 10.1. The van der Waals surface area contributed by atoms with Gasteiger partial charge in [0.25, 0.3) is 0 Å². The summed E-state index contributed by atoms with van der Waals surface area (Å²) in [4.78, 5) is 20.0. The number of rotatable bonds is 4. The Bertz CT molecular complexity index is 654. The van der Waals surface area contributed by atoms with Crippen LogP contribution < -0.4 is 10.1 Å². The van der Waals surface area contributed by atoms with E-state index in [1.165, 1.54) is 10.4 Å². The van der Waals surface area contributed by atoms with Gasteiger partial charge in [-0.2, -0.15) is 0 Å². The maximum absolute atomic E-state index is 12.6. The second-order valence-electron chi connectivity index (χ2n) is 5.33. The summed E-state index contributed by atoms with van der Waals surface area (Å²) in [5.74, 6) is 0.679. The number of nitrogens with one attached hydrogen (secondary N) is 1. The highest BCUT2D eigenvalue weighted by molar-refractivity contribution is 7.10. The van der Waals surface area contributed by atoms with Crippen LogP contribution in [0.25, 0.3) is 0 Å². The predicted molar refractivity (Wildman–Crippen MR) is 87.3 cm³/mol. The van der Waals surface area contributed by atoms with Crippen LogP contribution in [0.1, 0.15) is 17.4 Å². The number of amides is 1. The first kappa shape index (κ1) is 14.8. The minimum Gasteiger partial charge on any atom is -0.481 e. The number of hydrogen-bond donors (Lipinski definition) is 1. The van der Waals surface area contributed by atoms with E-state index in [4.69, 9.17) is 4.74 Å². The smallest absolute Gasteiger partial charge is 0.245 e. The van der Waals surface area contributed by atoms with Crippen molar-refractivity contribution in [1.82, 2.24) is 9.88 Å². The molecule has 116 valence electrons. The van der Waals surface area contributed by atoms with Gasteiger partial charge in [-0.05, 0) is 36.4 Å². The van der Waals surface area contributed by atoms with Crippen molar-refractivity contribution < 1.29 is 9.53 Å². The predicted octanol–water partition coefficient (Wildman–Crippen LogP) is 2.54. The number of aromatic nitrogens is 1. The molecule has 1 atom stereocenters. The molecule has 0 saturated carbocycles. The van der Waals surface area contributed by atoms with Gasteiger partial charge in [-0.3, -0.25) is 4.79 Å². The summed E-state index contributed by atoms with van der Waals surface area (Å²) in [6.07, 6.45) is 2.63. The molecule has 1 aliphatic rings. The maximum Gasteiger partial charge on any atom is 0.245 e. The van der Waals surface area contributed by atoms with E-state index in [-0.39, 0.29) is 11.9 Å². The van der Waals surface area contributed by atoms with Crippen molar-refractivity contribution in [3.05, 3.63) is 40.2 Å². The van der Waals surface area contributed by atoms with Crippen molar-refractivity contribution in [3.63, 3.8) is 0 Å². The largest absolute Gasteiger partial charge is 0.481 e. The summed E-state index contributed by atoms with van der Waals surface area (Å²) in [6.45, 7) is 3.39. The van der Waals surface area contributed by atoms with Crippen LogP contribution in [0.4, 0.5) is 5.69 Å². The molecule has 0 bridgehead atoms. The summed E-state index contributed by atoms with van der Waals surface area (Å²) < 4.78 is 5.03. The summed E-state index contributed by atoms with van der Waals surface area (Å²) >= 11 is 1.78. The molecular formula is C16H19N3O2S. The van der Waals surface area contributed by atoms with Crippen LogP contribution in [0.15, 0.2) is 29.8 Å². The molecule has 2 aromatic rings. The molecule has 0 unspecified atom stereocenters. The van der Waals surface area contributed by atoms with Crippen LogP contribution in [0.5, 0.6) is 5.88 Å². The van der Waals surface area contributed by atoms with Gasteiger partial charge in [0.15, 0.2) is 0 Å². The minimum atomic E-state index is -0.282. The van der Waals surface area contributed by atoms with Gasteiger partial charge in [-0.15, -0.1) is 11.3 Å². The van der Waals surface area contributed by atoms with E-state index in [2.05, 4.69) is 21.7 Å². The van der Waals surface area contributed by atoms with E-state index in [9.17, 15) is 4.79 Å². The van der Waals surface area contributed by atoms with Gasteiger partial charge in [-0.25, -0.2) is 4.98 Å². The number of pyridine rings is 1. The third-order valence-corrected chi connectivity index (χ3v) is 4.84. The van der Waals surface area contributed by atoms with E-state index in [1.54, 1.807) is 30.7 Å². The highest BCUT2D eigenvalue weighted by Crippen LogP contribution is 2.24. The van der Waals surface area contributed by atoms with Crippen LogP contribution >= 0.6 is 11.3 Å². The highest BCUT2D eigenvalue weighted by Gasteiger charge is 2.25. The Morgan fingerprint density at radius 3 is 3.05 bits per heavy atom. The molecule has 1 N–H and O–H groups in total. The van der Waals surface area contributed by atoms with Crippen LogP contribution in [0, 0.1) is 0 Å². The first-order valence-corrected chi connectivity index (χ1v) is 8.16. The second-order valence-corrected chi connectivity index (χ2v) is 6.33. The van der Waals surface area contributed by atoms with Gasteiger partial charge in [0.1, 0.15) is 6.04 Å². The maximum atomic E-state index is 12.6. The molecule has 0 aliphatic carbocycles. The third kappa shape index (κ3) is 3.06. The molecular weight excluding hydrogens is 298 g/mol. The Kier molecular flexibility index (Phi) is 4.29. The van der Waals surface area contributed by atoms with E-state index in [0.717, 1.165) is 18.7 Å². The van der Waals surface area contributed by atoms with Crippen molar-refractivity contribution in [1.29, 1.82) is 0 Å². The molecule has 0 saturated heterocycles. The number of carbonyl (C=O) groups is 1. The third-order valence-electron chi connectivity index (χ3n) is 3.82. The van der Waals surface area contributed by atoms with Crippen molar-refractivity contribution in [2.45, 2.75) is 25.9 Å². The summed E-state index contributed by atoms with van der Waals surface area (Å²) in [6, 6.07) is 5.47. The number of hydrogen-bond acceptors (Lipinski definition) is 5. The quantitative estimate of drug-likeness (QED) is 0.941. The van der Waals surface area contributed by atoms with Crippen molar-refractivity contribution in [2.75, 3.05) is 19.0 Å². The van der Waals surface area contributed by atoms with Gasteiger partial charge >= 0.3 is 0 Å². The van der Waals surface area contributed by atoms with Gasteiger partial charge in [0, 0.05) is 24.0 Å². The van der Waals surface area contributed by atoms with Gasteiger partial charge < -0.3 is 15.0 Å². The number of nitrogens with zero attached hydrogens (tertiary/aromatic N) is 2. The fourth-order valence-corrected chi connectivity index (χ4v) is 3.50. The molecule has 3 rings (SSSR count). The van der Waals surface area contributed by atoms with Crippen LogP contribution in [-0.4, -0.2) is 35.5 Å². The Balaban J connectivity index is 1.62. The zero-order chi connectivity index (χ0) is 15.5. The van der Waals surface area contributed by atoms with Crippen molar-refractivity contribution >= 4 is 22.9 Å². The molecule has 2 aromatic heterocycles. The molecule has 1 amide bonds. The second kappa shape index (κ2) is 6.36. The lowest BCUT2D eigenvalue weighted by Crippen LogP contribution is -2.43. The Labute approximate surface area is 133 Å². The molecule has 6 heteroatoms. The van der Waals surface area contributed by atoms with Crippen LogP contribution in [0.2, 0.25) is 0 Å². The van der Waals surface area contributed by atoms with E-state index < -0.39 is 0 Å². The number of ether oxygens (including phenoxy) is 1. The van der Waals surface area contributed by atoms with Crippen molar-refractivity contribution in [2.24, 2.45) is 0 Å². The number of fused-ring (bicyclic) bond motifs is 1. The van der Waals surface area contributed by atoms with Gasteiger partial charge in [0.2, 0.25) is 11.8 Å². The SMILES string of the molecule is COc1ccc(N[C@H](C)C(=O)N2CCc3sccc3C2)cn1. The van der Waals surface area contributed by atoms with Crippen LogP contribution in [0.3, 0.4) is 0 Å². The number of carbonyl (C=O) groups excluding carboxylic acids is 1. The first-order valence-electron chi connectivity index (χ1n) is 7.28. The summed E-state index contributed by atoms with van der Waals surface area (Å²) in [5, 5.41) is 5.30. The normalized spacial score (nSPS) is 15.1. The average molecular weight is 317 g/mol. The molecule has 0 aromatic carbocycles. The van der Waals surface area contributed by atoms with Gasteiger partial charge in [-0.1, -0.05) is 0 Å². The lowest BCUT2D eigenvalue weighted by molar-refractivity contribution is -0.132. The van der Waals surface area contributed by atoms with E-state index in [1.807, 2.05) is 17.9 Å². The zero-order valence-corrected chi connectivity index (χ0v) is 13.5. The Hall–Kier alpha value is -2.08. The summed E-state index contributed by atoms with van der Waals surface area (Å²) in [5.41, 5.74) is 2.10. The molecule has 0 spiro atoms. The number of thiophene rings is 1. The van der Waals surface area contributed by atoms with Crippen molar-refractivity contribution in [3.8, 4) is 5.88 Å². The zero-order valence-electron chi connectivity index (χ0n) is 12.7. The fourth-order valence-electron chi connectivity index (χ4n) is 2.61. The topological polar surface area (TPSA) is 54.5 Å². The molecule has 0 fully saturated rings. The Morgan fingerprint density at radius 1 is 1.45 bits per heavy atom. The number of anilines is 1. The molecule has 0 radical (unpaired) electrons. The van der Waals surface area contributed by atoms with E-state index in [0.29, 0.717) is 12.4 Å². The average Bonchev–Trinajstić information content (AvgIpc) is 3.02. The fraction of sp³-hybridized carbons (Fsp3) is 0.375. The van der Waals surface area contributed by atoms with Gasteiger partial charge in [0.05, 0.1) is 19.0 Å². The number of methoxy groups -OCH3 is 1. The molecule has 3 heterocycles. The van der Waals surface area contributed by atoms with E-state index >= 15 is 0 Å². The Morgan fingerprint density at radius 2 is 2.32 bits per heavy atom. The summed E-state index contributed by atoms with van der Waals surface area (Å²) in [7, 11) is 1.58. The standard InChI is InChI=1S/C16H19N3O2S/c1-11(18-13-3-4-15(21-2)17-9-13)16(20)19-7-5-14-12(10-19)6-8-22-14/h3-4,6,8-9,11,18H,5,7,10H2,1-2H3/t11-/m1/s1. The highest BCUT2D eigenvalue weighted by atomic mass is 32.1. The van der Waals surface area contributed by atoms with Crippen LogP contribution in [-0.2, 0) is 17.8 Å². The minimum absolute atomic E-state index is 0.118. The molecule has 1 aliphatic heterocycles. The molecule has 5 nitrogen and oxygen atoms in total. The first-order chi connectivity index (χ1) is 10.7. The monoisotopic (exact) mass is 317 g/mol. The lowest BCUT2D eigenvalue weighted by Gasteiger charge is -2.30. The molecule has 22 heavy (non-hydrogen) atoms.